The van der Waals surface area contributed by atoms with Crippen LogP contribution in [0.4, 0.5) is 17.6 Å². The summed E-state index contributed by atoms with van der Waals surface area (Å²) in [6, 6.07) is 9.49. The molecule has 1 unspecified atom stereocenters. The fourth-order valence-corrected chi connectivity index (χ4v) is 1.91. The topological polar surface area (TPSA) is 61.6 Å². The van der Waals surface area contributed by atoms with Crippen molar-refractivity contribution < 1.29 is 31.8 Å². The highest BCUT2D eigenvalue weighted by Gasteiger charge is 2.32. The quantitative estimate of drug-likeness (QED) is 0.667. The molecule has 0 spiro atoms. The maximum atomic E-state index is 13.4. The molecule has 2 rings (SSSR count). The fourth-order valence-electron chi connectivity index (χ4n) is 1.91. The second-order valence-electron chi connectivity index (χ2n) is 4.84. The van der Waals surface area contributed by atoms with Crippen molar-refractivity contribution in [3.05, 3.63) is 65.5 Å². The summed E-state index contributed by atoms with van der Waals surface area (Å²) in [5.74, 6) is -2.72. The van der Waals surface area contributed by atoms with Gasteiger partial charge < -0.3 is 15.2 Å². The van der Waals surface area contributed by atoms with Crippen LogP contribution in [0.25, 0.3) is 0 Å². The van der Waals surface area contributed by atoms with Gasteiger partial charge in [0.1, 0.15) is 24.2 Å². The number of carbonyl (C=O) groups excluding carboxylic acids is 1. The second-order valence-corrected chi connectivity index (χ2v) is 4.84. The monoisotopic (exact) mass is 343 g/mol. The molecule has 0 aliphatic rings. The van der Waals surface area contributed by atoms with Crippen LogP contribution in [0.2, 0.25) is 0 Å². The molecule has 0 saturated heterocycles. The first-order chi connectivity index (χ1) is 11.2. The van der Waals surface area contributed by atoms with Crippen LogP contribution in [-0.2, 0) is 16.1 Å². The number of alkyl halides is 3. The first-order valence-electron chi connectivity index (χ1n) is 6.77. The number of carbonyl (C=O) groups is 1. The summed E-state index contributed by atoms with van der Waals surface area (Å²) in [5.41, 5.74) is 6.15. The predicted octanol–water partition coefficient (Wildman–Crippen LogP) is 3.47. The Balaban J connectivity index is 2.07. The van der Waals surface area contributed by atoms with E-state index in [1.165, 1.54) is 0 Å². The summed E-state index contributed by atoms with van der Waals surface area (Å²) in [7, 11) is 0. The van der Waals surface area contributed by atoms with Crippen molar-refractivity contribution in [1.29, 1.82) is 0 Å². The van der Waals surface area contributed by atoms with Crippen molar-refractivity contribution >= 4 is 5.97 Å². The van der Waals surface area contributed by atoms with E-state index in [0.717, 1.165) is 12.1 Å². The van der Waals surface area contributed by atoms with Crippen molar-refractivity contribution in [3.63, 3.8) is 0 Å². The van der Waals surface area contributed by atoms with Crippen LogP contribution < -0.4 is 10.5 Å². The van der Waals surface area contributed by atoms with E-state index >= 15 is 0 Å². The number of rotatable bonds is 5. The van der Waals surface area contributed by atoms with Gasteiger partial charge in [-0.2, -0.15) is 0 Å². The van der Waals surface area contributed by atoms with Crippen LogP contribution in [0, 0.1) is 5.82 Å². The van der Waals surface area contributed by atoms with Crippen molar-refractivity contribution in [2.24, 2.45) is 5.73 Å². The lowest BCUT2D eigenvalue weighted by Gasteiger charge is -2.14. The summed E-state index contributed by atoms with van der Waals surface area (Å²) in [4.78, 5) is 11.9. The Labute approximate surface area is 134 Å². The van der Waals surface area contributed by atoms with Gasteiger partial charge in [0, 0.05) is 6.07 Å². The van der Waals surface area contributed by atoms with Gasteiger partial charge >= 0.3 is 12.3 Å². The number of halogens is 4. The molecule has 0 aromatic heterocycles. The minimum atomic E-state index is -4.98. The molecule has 0 radical (unpaired) electrons. The van der Waals surface area contributed by atoms with E-state index in [2.05, 4.69) is 4.74 Å². The molecule has 2 aromatic rings. The minimum Gasteiger partial charge on any atom is -0.459 e. The fraction of sp³-hybridized carbons (Fsp3) is 0.188. The molecule has 0 heterocycles. The summed E-state index contributed by atoms with van der Waals surface area (Å²) in [5, 5.41) is 0. The summed E-state index contributed by atoms with van der Waals surface area (Å²) in [6.07, 6.45) is -4.98. The largest absolute Gasteiger partial charge is 0.573 e. The van der Waals surface area contributed by atoms with E-state index < -0.39 is 29.9 Å². The SMILES string of the molecule is NC(C(=O)OCc1ccccc1)c1cc(F)cc(OC(F)(F)F)c1. The van der Waals surface area contributed by atoms with Gasteiger partial charge in [-0.15, -0.1) is 13.2 Å². The highest BCUT2D eigenvalue weighted by Crippen LogP contribution is 2.27. The molecule has 0 fully saturated rings. The molecule has 1 atom stereocenters. The third-order valence-electron chi connectivity index (χ3n) is 2.96. The molecular weight excluding hydrogens is 330 g/mol. The number of benzene rings is 2. The van der Waals surface area contributed by atoms with Crippen LogP contribution in [-0.4, -0.2) is 12.3 Å². The zero-order chi connectivity index (χ0) is 17.7. The lowest BCUT2D eigenvalue weighted by Crippen LogP contribution is -2.24. The van der Waals surface area contributed by atoms with E-state index in [9.17, 15) is 22.4 Å². The highest BCUT2D eigenvalue weighted by molar-refractivity contribution is 5.77. The Morgan fingerprint density at radius 1 is 1.12 bits per heavy atom. The number of nitrogens with two attached hydrogens (primary N) is 1. The van der Waals surface area contributed by atoms with Gasteiger partial charge in [0.2, 0.25) is 0 Å². The molecular formula is C16H13F4NO3. The summed E-state index contributed by atoms with van der Waals surface area (Å²) >= 11 is 0. The van der Waals surface area contributed by atoms with Crippen LogP contribution in [0.5, 0.6) is 5.75 Å². The van der Waals surface area contributed by atoms with Crippen LogP contribution in [0.3, 0.4) is 0 Å². The Hall–Kier alpha value is -2.61. The first kappa shape index (κ1) is 17.7. The summed E-state index contributed by atoms with van der Waals surface area (Å²) in [6.45, 7) is -0.0609. The molecule has 0 saturated carbocycles. The number of esters is 1. The van der Waals surface area contributed by atoms with Gasteiger partial charge in [0.15, 0.2) is 0 Å². The molecule has 24 heavy (non-hydrogen) atoms. The van der Waals surface area contributed by atoms with E-state index in [1.807, 2.05) is 0 Å². The second kappa shape index (κ2) is 7.31. The van der Waals surface area contributed by atoms with Crippen molar-refractivity contribution in [1.82, 2.24) is 0 Å². The Kier molecular flexibility index (Phi) is 5.40. The Bertz CT molecular complexity index is 704. The molecule has 0 aliphatic carbocycles. The standard InChI is InChI=1S/C16H13F4NO3/c17-12-6-11(7-13(8-12)24-16(18,19)20)14(21)15(22)23-9-10-4-2-1-3-5-10/h1-8,14H,9,21H2. The predicted molar refractivity (Wildman–Crippen MR) is 76.2 cm³/mol. The third-order valence-corrected chi connectivity index (χ3v) is 2.96. The van der Waals surface area contributed by atoms with E-state index in [-0.39, 0.29) is 12.2 Å². The molecule has 8 heteroatoms. The number of ether oxygens (including phenoxy) is 2. The lowest BCUT2D eigenvalue weighted by atomic mass is 10.1. The Morgan fingerprint density at radius 3 is 2.42 bits per heavy atom. The van der Waals surface area contributed by atoms with Crippen molar-refractivity contribution in [3.8, 4) is 5.75 Å². The van der Waals surface area contributed by atoms with Gasteiger partial charge in [0.25, 0.3) is 0 Å². The van der Waals surface area contributed by atoms with Gasteiger partial charge in [-0.25, -0.2) is 9.18 Å². The molecule has 128 valence electrons. The number of hydrogen-bond acceptors (Lipinski definition) is 4. The van der Waals surface area contributed by atoms with Crippen LogP contribution >= 0.6 is 0 Å². The zero-order valence-electron chi connectivity index (χ0n) is 12.2. The van der Waals surface area contributed by atoms with Gasteiger partial charge in [0.05, 0.1) is 0 Å². The van der Waals surface area contributed by atoms with Crippen molar-refractivity contribution in [2.75, 3.05) is 0 Å². The van der Waals surface area contributed by atoms with E-state index in [0.29, 0.717) is 11.6 Å². The minimum absolute atomic E-state index is 0.0609. The van der Waals surface area contributed by atoms with Gasteiger partial charge in [-0.1, -0.05) is 30.3 Å². The first-order valence-corrected chi connectivity index (χ1v) is 6.77. The van der Waals surface area contributed by atoms with Crippen LogP contribution in [0.15, 0.2) is 48.5 Å². The smallest absolute Gasteiger partial charge is 0.459 e. The normalized spacial score (nSPS) is 12.5. The van der Waals surface area contributed by atoms with Crippen molar-refractivity contribution in [2.45, 2.75) is 19.0 Å². The molecule has 0 amide bonds. The number of hydrogen-bond donors (Lipinski definition) is 1. The van der Waals surface area contributed by atoms with Crippen LogP contribution in [0.1, 0.15) is 17.2 Å². The Morgan fingerprint density at radius 2 is 1.79 bits per heavy atom. The maximum absolute atomic E-state index is 13.4. The molecule has 0 aliphatic heterocycles. The summed E-state index contributed by atoms with van der Waals surface area (Å²) < 4.78 is 58.6. The molecule has 4 nitrogen and oxygen atoms in total. The lowest BCUT2D eigenvalue weighted by molar-refractivity contribution is -0.274. The van der Waals surface area contributed by atoms with Gasteiger partial charge in [-0.3, -0.25) is 0 Å². The maximum Gasteiger partial charge on any atom is 0.573 e. The van der Waals surface area contributed by atoms with Gasteiger partial charge in [-0.05, 0) is 23.3 Å². The third kappa shape index (κ3) is 5.24. The molecule has 0 bridgehead atoms. The zero-order valence-corrected chi connectivity index (χ0v) is 12.2. The van der Waals surface area contributed by atoms with E-state index in [4.69, 9.17) is 10.5 Å². The molecule has 2 N–H and O–H groups in total. The van der Waals surface area contributed by atoms with E-state index in [1.54, 1.807) is 30.3 Å². The average Bonchev–Trinajstić information content (AvgIpc) is 2.50. The highest BCUT2D eigenvalue weighted by atomic mass is 19.4. The average molecular weight is 343 g/mol. The molecule has 2 aromatic carbocycles.